The fraction of sp³-hybridized carbons (Fsp3) is 0.750. The van der Waals surface area contributed by atoms with Gasteiger partial charge in [0.15, 0.2) is 5.41 Å². The van der Waals surface area contributed by atoms with Crippen molar-refractivity contribution < 1.29 is 23.8 Å². The predicted molar refractivity (Wildman–Crippen MR) is 78.6 cm³/mol. The van der Waals surface area contributed by atoms with Crippen molar-refractivity contribution in [3.05, 3.63) is 12.2 Å². The molecule has 0 saturated carbocycles. The molecule has 0 aromatic rings. The zero-order valence-electron chi connectivity index (χ0n) is 13.5. The molecular weight excluding hydrogens is 272 g/mol. The summed E-state index contributed by atoms with van der Waals surface area (Å²) in [5.41, 5.74) is -1.30. The van der Waals surface area contributed by atoms with Crippen molar-refractivity contribution >= 4 is 11.9 Å². The second-order valence-corrected chi connectivity index (χ2v) is 5.71. The molecule has 5 nitrogen and oxygen atoms in total. The minimum absolute atomic E-state index is 0.0821. The van der Waals surface area contributed by atoms with Crippen LogP contribution in [0.5, 0.6) is 0 Å². The molecule has 1 rings (SSSR count). The highest BCUT2D eigenvalue weighted by atomic mass is 16.6. The van der Waals surface area contributed by atoms with Crippen molar-refractivity contribution in [2.24, 2.45) is 11.3 Å². The molecule has 0 spiro atoms. The molecule has 0 radical (unpaired) electrons. The highest BCUT2D eigenvalue weighted by molar-refractivity contribution is 5.99. The lowest BCUT2D eigenvalue weighted by atomic mass is 9.86. The Labute approximate surface area is 126 Å². The molecule has 21 heavy (non-hydrogen) atoms. The van der Waals surface area contributed by atoms with Gasteiger partial charge in [0.25, 0.3) is 0 Å². The maximum atomic E-state index is 12.1. The van der Waals surface area contributed by atoms with Crippen LogP contribution in [-0.2, 0) is 23.8 Å². The normalized spacial score (nSPS) is 21.6. The van der Waals surface area contributed by atoms with Crippen molar-refractivity contribution in [2.75, 3.05) is 13.2 Å². The molecule has 0 aromatic heterocycles. The Morgan fingerprint density at radius 2 is 1.71 bits per heavy atom. The molecule has 1 fully saturated rings. The Bertz CT molecular complexity index is 381. The number of hydrogen-bond acceptors (Lipinski definition) is 5. The lowest BCUT2D eigenvalue weighted by molar-refractivity contribution is -0.170. The fourth-order valence-electron chi connectivity index (χ4n) is 2.10. The number of carbonyl (C=O) groups excluding carboxylic acids is 2. The van der Waals surface area contributed by atoms with Crippen LogP contribution in [0.25, 0.3) is 0 Å². The van der Waals surface area contributed by atoms with Gasteiger partial charge in [-0.3, -0.25) is 9.59 Å². The van der Waals surface area contributed by atoms with E-state index in [0.717, 1.165) is 0 Å². The third-order valence-corrected chi connectivity index (χ3v) is 3.52. The number of rotatable bonds is 8. The largest absolute Gasteiger partial charge is 0.465 e. The van der Waals surface area contributed by atoms with Crippen LogP contribution < -0.4 is 0 Å². The molecule has 1 aliphatic rings. The summed E-state index contributed by atoms with van der Waals surface area (Å²) < 4.78 is 15.5. The summed E-state index contributed by atoms with van der Waals surface area (Å²) in [5, 5.41) is 0. The van der Waals surface area contributed by atoms with E-state index in [1.807, 2.05) is 6.08 Å². The summed E-state index contributed by atoms with van der Waals surface area (Å²) in [6, 6.07) is 0. The first kappa shape index (κ1) is 17.7. The van der Waals surface area contributed by atoms with Gasteiger partial charge in [-0.2, -0.15) is 0 Å². The Morgan fingerprint density at radius 1 is 1.19 bits per heavy atom. The fourth-order valence-corrected chi connectivity index (χ4v) is 2.10. The topological polar surface area (TPSA) is 65.1 Å². The molecular formula is C16H26O5. The third kappa shape index (κ3) is 4.56. The van der Waals surface area contributed by atoms with E-state index in [2.05, 4.69) is 13.8 Å². The minimum atomic E-state index is -1.30. The second kappa shape index (κ2) is 7.59. The van der Waals surface area contributed by atoms with Crippen LogP contribution in [-0.4, -0.2) is 37.4 Å². The quantitative estimate of drug-likeness (QED) is 0.298. The molecule has 1 saturated heterocycles. The van der Waals surface area contributed by atoms with Crippen LogP contribution >= 0.6 is 0 Å². The van der Waals surface area contributed by atoms with Gasteiger partial charge in [-0.1, -0.05) is 26.0 Å². The number of esters is 2. The summed E-state index contributed by atoms with van der Waals surface area (Å²) >= 11 is 0. The van der Waals surface area contributed by atoms with Crippen molar-refractivity contribution in [2.45, 2.75) is 53.2 Å². The standard InChI is InChI=1S/C16H26O5/c1-6-19-14(17)16(5,15(18)20-7-2)10-8-9-12-13(21-12)11(3)4/h8-9,11-13H,6-7,10H2,1-5H3/b9-8+. The lowest BCUT2D eigenvalue weighted by Crippen LogP contribution is -2.39. The van der Waals surface area contributed by atoms with E-state index < -0.39 is 17.4 Å². The van der Waals surface area contributed by atoms with Gasteiger partial charge >= 0.3 is 11.9 Å². The predicted octanol–water partition coefficient (Wildman–Crippen LogP) is 2.49. The number of epoxide rings is 1. The van der Waals surface area contributed by atoms with Crippen LogP contribution in [0.15, 0.2) is 12.2 Å². The monoisotopic (exact) mass is 298 g/mol. The van der Waals surface area contributed by atoms with E-state index in [4.69, 9.17) is 14.2 Å². The molecule has 1 heterocycles. The van der Waals surface area contributed by atoms with Gasteiger partial charge in [0.2, 0.25) is 0 Å². The summed E-state index contributed by atoms with van der Waals surface area (Å²) in [6.07, 6.45) is 4.27. The van der Waals surface area contributed by atoms with E-state index in [-0.39, 0.29) is 31.8 Å². The third-order valence-electron chi connectivity index (χ3n) is 3.52. The zero-order valence-corrected chi connectivity index (χ0v) is 13.5. The van der Waals surface area contributed by atoms with Gasteiger partial charge in [0.05, 0.1) is 19.3 Å². The lowest BCUT2D eigenvalue weighted by Gasteiger charge is -2.23. The van der Waals surface area contributed by atoms with Gasteiger partial charge in [-0.05, 0) is 33.1 Å². The number of carbonyl (C=O) groups is 2. The molecule has 1 aliphatic heterocycles. The van der Waals surface area contributed by atoms with E-state index in [9.17, 15) is 9.59 Å². The first-order chi connectivity index (χ1) is 9.86. The van der Waals surface area contributed by atoms with Gasteiger partial charge in [-0.25, -0.2) is 0 Å². The van der Waals surface area contributed by atoms with Gasteiger partial charge in [0.1, 0.15) is 6.10 Å². The van der Waals surface area contributed by atoms with Crippen molar-refractivity contribution in [1.29, 1.82) is 0 Å². The average molecular weight is 298 g/mol. The maximum absolute atomic E-state index is 12.1. The highest BCUT2D eigenvalue weighted by Gasteiger charge is 2.44. The van der Waals surface area contributed by atoms with Crippen LogP contribution in [0.2, 0.25) is 0 Å². The Hall–Kier alpha value is -1.36. The minimum Gasteiger partial charge on any atom is -0.465 e. The van der Waals surface area contributed by atoms with Crippen LogP contribution in [0.3, 0.4) is 0 Å². The van der Waals surface area contributed by atoms with Crippen molar-refractivity contribution in [3.63, 3.8) is 0 Å². The molecule has 2 atom stereocenters. The van der Waals surface area contributed by atoms with Gasteiger partial charge in [0, 0.05) is 0 Å². The van der Waals surface area contributed by atoms with E-state index in [0.29, 0.717) is 5.92 Å². The summed E-state index contributed by atoms with van der Waals surface area (Å²) in [4.78, 5) is 24.1. The first-order valence-electron chi connectivity index (χ1n) is 7.53. The van der Waals surface area contributed by atoms with E-state index in [1.54, 1.807) is 26.8 Å². The van der Waals surface area contributed by atoms with Crippen molar-refractivity contribution in [3.8, 4) is 0 Å². The van der Waals surface area contributed by atoms with Crippen LogP contribution in [0.4, 0.5) is 0 Å². The molecule has 5 heteroatoms. The zero-order chi connectivity index (χ0) is 16.0. The first-order valence-corrected chi connectivity index (χ1v) is 7.53. The van der Waals surface area contributed by atoms with Crippen LogP contribution in [0, 0.1) is 11.3 Å². The van der Waals surface area contributed by atoms with E-state index in [1.165, 1.54) is 0 Å². The number of allylic oxidation sites excluding steroid dienone is 1. The summed E-state index contributed by atoms with van der Waals surface area (Å²) in [7, 11) is 0. The van der Waals surface area contributed by atoms with Gasteiger partial charge in [-0.15, -0.1) is 0 Å². The van der Waals surface area contributed by atoms with Gasteiger partial charge < -0.3 is 14.2 Å². The Balaban J connectivity index is 2.67. The number of ether oxygens (including phenoxy) is 3. The van der Waals surface area contributed by atoms with Crippen LogP contribution in [0.1, 0.15) is 41.0 Å². The molecule has 2 unspecified atom stereocenters. The summed E-state index contributed by atoms with van der Waals surface area (Å²) in [6.45, 7) is 9.65. The number of hydrogen-bond donors (Lipinski definition) is 0. The molecule has 0 N–H and O–H groups in total. The SMILES string of the molecule is CCOC(=O)C(C)(C/C=C/C1OC1C(C)C)C(=O)OCC. The van der Waals surface area contributed by atoms with E-state index >= 15 is 0 Å². The average Bonchev–Trinajstić information content (AvgIpc) is 3.18. The molecule has 0 bridgehead atoms. The molecule has 0 aromatic carbocycles. The smallest absolute Gasteiger partial charge is 0.323 e. The summed E-state index contributed by atoms with van der Waals surface area (Å²) in [5.74, 6) is -0.642. The maximum Gasteiger partial charge on any atom is 0.323 e. The molecule has 0 amide bonds. The molecule has 0 aliphatic carbocycles. The highest BCUT2D eigenvalue weighted by Crippen LogP contribution is 2.32. The second-order valence-electron chi connectivity index (χ2n) is 5.71. The Kier molecular flexibility index (Phi) is 6.40. The Morgan fingerprint density at radius 3 is 2.10 bits per heavy atom. The molecule has 120 valence electrons. The van der Waals surface area contributed by atoms with Crippen molar-refractivity contribution in [1.82, 2.24) is 0 Å².